The van der Waals surface area contributed by atoms with Crippen molar-refractivity contribution >= 4 is 39.1 Å². The van der Waals surface area contributed by atoms with Crippen molar-refractivity contribution in [2.24, 2.45) is 0 Å². The van der Waals surface area contributed by atoms with Crippen molar-refractivity contribution in [3.63, 3.8) is 0 Å². The topological polar surface area (TPSA) is 67.4 Å². The van der Waals surface area contributed by atoms with Gasteiger partial charge in [0.15, 0.2) is 6.61 Å². The molecular formula is C26H27BrN2O3. The van der Waals surface area contributed by atoms with E-state index in [1.807, 2.05) is 49.4 Å². The van der Waals surface area contributed by atoms with E-state index in [0.717, 1.165) is 10.0 Å². The van der Waals surface area contributed by atoms with E-state index in [2.05, 4.69) is 47.3 Å². The molecule has 0 heterocycles. The third-order valence-electron chi connectivity index (χ3n) is 4.91. The van der Waals surface area contributed by atoms with Gasteiger partial charge in [0.05, 0.1) is 0 Å². The normalized spacial score (nSPS) is 11.0. The molecule has 0 atom stereocenters. The van der Waals surface area contributed by atoms with Gasteiger partial charge in [0, 0.05) is 21.4 Å². The van der Waals surface area contributed by atoms with E-state index in [1.165, 1.54) is 5.56 Å². The molecule has 0 bridgehead atoms. The maximum Gasteiger partial charge on any atom is 0.262 e. The summed E-state index contributed by atoms with van der Waals surface area (Å²) >= 11 is 3.41. The van der Waals surface area contributed by atoms with Crippen LogP contribution < -0.4 is 15.4 Å². The quantitative estimate of drug-likeness (QED) is 0.420. The van der Waals surface area contributed by atoms with E-state index in [0.29, 0.717) is 22.7 Å². The molecular weight excluding hydrogens is 468 g/mol. The van der Waals surface area contributed by atoms with Gasteiger partial charge in [-0.2, -0.15) is 0 Å². The molecule has 2 amide bonds. The van der Waals surface area contributed by atoms with Crippen LogP contribution in [0.5, 0.6) is 5.75 Å². The predicted molar refractivity (Wildman–Crippen MR) is 133 cm³/mol. The van der Waals surface area contributed by atoms with Crippen molar-refractivity contribution in [1.82, 2.24) is 0 Å². The number of anilines is 2. The number of carbonyl (C=O) groups excluding carboxylic acids is 2. The summed E-state index contributed by atoms with van der Waals surface area (Å²) in [6.07, 6.45) is 0. The van der Waals surface area contributed by atoms with Crippen LogP contribution in [-0.2, 0) is 10.2 Å². The summed E-state index contributed by atoms with van der Waals surface area (Å²) in [4.78, 5) is 24.9. The lowest BCUT2D eigenvalue weighted by Gasteiger charge is -2.19. The Kier molecular flexibility index (Phi) is 7.36. The molecule has 3 rings (SSSR count). The first-order valence-electron chi connectivity index (χ1n) is 10.3. The van der Waals surface area contributed by atoms with Crippen molar-refractivity contribution in [2.75, 3.05) is 17.2 Å². The van der Waals surface area contributed by atoms with E-state index < -0.39 is 0 Å². The Bertz CT molecular complexity index is 1120. The number of carbonyl (C=O) groups is 2. The highest BCUT2D eigenvalue weighted by Crippen LogP contribution is 2.24. The minimum Gasteiger partial charge on any atom is -0.483 e. The summed E-state index contributed by atoms with van der Waals surface area (Å²) in [5, 5.41) is 5.67. The van der Waals surface area contributed by atoms with Crippen LogP contribution in [0, 0.1) is 6.92 Å². The number of amides is 2. The zero-order valence-corrected chi connectivity index (χ0v) is 20.2. The van der Waals surface area contributed by atoms with Crippen molar-refractivity contribution in [2.45, 2.75) is 33.1 Å². The lowest BCUT2D eigenvalue weighted by atomic mass is 9.87. The molecule has 6 heteroatoms. The first-order chi connectivity index (χ1) is 15.1. The average Bonchev–Trinajstić information content (AvgIpc) is 2.73. The molecule has 0 unspecified atom stereocenters. The van der Waals surface area contributed by atoms with Gasteiger partial charge in [-0.1, -0.05) is 54.9 Å². The summed E-state index contributed by atoms with van der Waals surface area (Å²) in [6, 6.07) is 20.2. The fraction of sp³-hybridized carbons (Fsp3) is 0.231. The molecule has 0 saturated heterocycles. The largest absolute Gasteiger partial charge is 0.483 e. The van der Waals surface area contributed by atoms with Gasteiger partial charge in [0.25, 0.3) is 11.8 Å². The SMILES string of the molecule is Cc1cc(Br)ccc1OCC(=O)Nc1cccc(NC(=O)c2ccc(C(C)(C)C)cc2)c1. The van der Waals surface area contributed by atoms with Crippen LogP contribution in [-0.4, -0.2) is 18.4 Å². The van der Waals surface area contributed by atoms with Crippen LogP contribution in [0.3, 0.4) is 0 Å². The van der Waals surface area contributed by atoms with Crippen molar-refractivity contribution in [3.8, 4) is 5.75 Å². The summed E-state index contributed by atoms with van der Waals surface area (Å²) in [5.74, 6) is 0.165. The summed E-state index contributed by atoms with van der Waals surface area (Å²) in [5.41, 5.74) is 3.88. The zero-order chi connectivity index (χ0) is 23.3. The molecule has 32 heavy (non-hydrogen) atoms. The van der Waals surface area contributed by atoms with Crippen LogP contribution in [0.2, 0.25) is 0 Å². The van der Waals surface area contributed by atoms with Gasteiger partial charge in [-0.05, 0) is 72.0 Å². The second-order valence-electron chi connectivity index (χ2n) is 8.61. The fourth-order valence-electron chi connectivity index (χ4n) is 3.11. The predicted octanol–water partition coefficient (Wildman–Crippen LogP) is 6.32. The minimum absolute atomic E-state index is 0.0291. The number of nitrogens with one attached hydrogen (secondary N) is 2. The van der Waals surface area contributed by atoms with Gasteiger partial charge >= 0.3 is 0 Å². The van der Waals surface area contributed by atoms with Crippen LogP contribution in [0.25, 0.3) is 0 Å². The molecule has 0 radical (unpaired) electrons. The summed E-state index contributed by atoms with van der Waals surface area (Å²) in [6.45, 7) is 8.20. The van der Waals surface area contributed by atoms with Gasteiger partial charge in [-0.3, -0.25) is 9.59 Å². The van der Waals surface area contributed by atoms with Gasteiger partial charge in [-0.15, -0.1) is 0 Å². The summed E-state index contributed by atoms with van der Waals surface area (Å²) in [7, 11) is 0. The van der Waals surface area contributed by atoms with E-state index in [9.17, 15) is 9.59 Å². The van der Waals surface area contributed by atoms with Crippen molar-refractivity contribution < 1.29 is 14.3 Å². The third kappa shape index (κ3) is 6.44. The Morgan fingerprint density at radius 3 is 2.19 bits per heavy atom. The van der Waals surface area contributed by atoms with E-state index in [4.69, 9.17) is 4.74 Å². The molecule has 0 aliphatic heterocycles. The number of rotatable bonds is 6. The fourth-order valence-corrected chi connectivity index (χ4v) is 3.59. The molecule has 3 aromatic rings. The Labute approximate surface area is 197 Å². The van der Waals surface area contributed by atoms with E-state index in [1.54, 1.807) is 24.3 Å². The molecule has 3 aromatic carbocycles. The van der Waals surface area contributed by atoms with Crippen LogP contribution in [0.15, 0.2) is 71.2 Å². The van der Waals surface area contributed by atoms with Gasteiger partial charge in [0.1, 0.15) is 5.75 Å². The van der Waals surface area contributed by atoms with Gasteiger partial charge < -0.3 is 15.4 Å². The molecule has 5 nitrogen and oxygen atoms in total. The standard InChI is InChI=1S/C26H27BrN2O3/c1-17-14-20(27)12-13-23(17)32-16-24(30)28-21-6-5-7-22(15-21)29-25(31)18-8-10-19(11-9-18)26(2,3)4/h5-15H,16H2,1-4H3,(H,28,30)(H,29,31). The molecule has 0 saturated carbocycles. The number of hydrogen-bond acceptors (Lipinski definition) is 3. The number of benzene rings is 3. The first-order valence-corrected chi connectivity index (χ1v) is 11.1. The van der Waals surface area contributed by atoms with Gasteiger partial charge in [-0.25, -0.2) is 0 Å². The lowest BCUT2D eigenvalue weighted by molar-refractivity contribution is -0.118. The smallest absolute Gasteiger partial charge is 0.262 e. The second-order valence-corrected chi connectivity index (χ2v) is 9.52. The number of ether oxygens (including phenoxy) is 1. The second kappa shape index (κ2) is 10.0. The molecule has 0 aliphatic rings. The Hall–Kier alpha value is -3.12. The highest BCUT2D eigenvalue weighted by atomic mass is 79.9. The highest BCUT2D eigenvalue weighted by molar-refractivity contribution is 9.10. The number of aryl methyl sites for hydroxylation is 1. The molecule has 166 valence electrons. The highest BCUT2D eigenvalue weighted by Gasteiger charge is 2.14. The molecule has 2 N–H and O–H groups in total. The van der Waals surface area contributed by atoms with Crippen molar-refractivity contribution in [3.05, 3.63) is 87.9 Å². The maximum absolute atomic E-state index is 12.6. The van der Waals surface area contributed by atoms with Crippen molar-refractivity contribution in [1.29, 1.82) is 0 Å². The molecule has 0 spiro atoms. The third-order valence-corrected chi connectivity index (χ3v) is 5.41. The molecule has 0 aliphatic carbocycles. The zero-order valence-electron chi connectivity index (χ0n) is 18.7. The maximum atomic E-state index is 12.6. The lowest BCUT2D eigenvalue weighted by Crippen LogP contribution is -2.20. The monoisotopic (exact) mass is 494 g/mol. The minimum atomic E-state index is -0.284. The van der Waals surface area contributed by atoms with E-state index in [-0.39, 0.29) is 23.8 Å². The number of hydrogen-bond donors (Lipinski definition) is 2. The van der Waals surface area contributed by atoms with Crippen LogP contribution in [0.4, 0.5) is 11.4 Å². The van der Waals surface area contributed by atoms with Crippen LogP contribution in [0.1, 0.15) is 42.3 Å². The molecule has 0 fully saturated rings. The Morgan fingerprint density at radius 2 is 1.56 bits per heavy atom. The Morgan fingerprint density at radius 1 is 0.906 bits per heavy atom. The van der Waals surface area contributed by atoms with Crippen LogP contribution >= 0.6 is 15.9 Å². The first kappa shape index (κ1) is 23.5. The summed E-state index contributed by atoms with van der Waals surface area (Å²) < 4.78 is 6.56. The average molecular weight is 495 g/mol. The number of halogens is 1. The van der Waals surface area contributed by atoms with E-state index >= 15 is 0 Å². The molecule has 0 aromatic heterocycles. The Balaban J connectivity index is 1.58. The van der Waals surface area contributed by atoms with Gasteiger partial charge in [0.2, 0.25) is 0 Å².